The van der Waals surface area contributed by atoms with Crippen LogP contribution in [-0.4, -0.2) is 60.6 Å². The van der Waals surface area contributed by atoms with Gasteiger partial charge in [-0.1, -0.05) is 13.8 Å². The summed E-state index contributed by atoms with van der Waals surface area (Å²) < 4.78 is 16.6. The van der Waals surface area contributed by atoms with Gasteiger partial charge in [0.15, 0.2) is 5.79 Å². The molecule has 0 radical (unpaired) electrons. The Morgan fingerprint density at radius 2 is 1.67 bits per heavy atom. The lowest BCUT2D eigenvalue weighted by Gasteiger charge is -2.39. The number of carbonyl (C=O) groups excluding carboxylic acids is 2. The smallest absolute Gasteiger partial charge is 0.408 e. The van der Waals surface area contributed by atoms with Crippen LogP contribution in [0.15, 0.2) is 0 Å². The highest BCUT2D eigenvalue weighted by Gasteiger charge is 2.42. The fraction of sp³-hybridized carbons (Fsp3) is 0.882. The first kappa shape index (κ1) is 19.0. The number of hydrogen-bond acceptors (Lipinski definition) is 5. The average Bonchev–Trinajstić information content (AvgIpc) is 2.91. The van der Waals surface area contributed by atoms with Gasteiger partial charge < -0.3 is 24.4 Å². The summed E-state index contributed by atoms with van der Waals surface area (Å²) in [5.74, 6) is -0.619. The molecular weight excluding hydrogens is 312 g/mol. The van der Waals surface area contributed by atoms with Gasteiger partial charge in [0, 0.05) is 25.9 Å². The van der Waals surface area contributed by atoms with Gasteiger partial charge in [0.2, 0.25) is 5.91 Å². The number of likely N-dealkylation sites (tertiary alicyclic amines) is 1. The molecule has 0 aliphatic carbocycles. The molecule has 0 aromatic carbocycles. The van der Waals surface area contributed by atoms with E-state index in [0.717, 1.165) is 0 Å². The van der Waals surface area contributed by atoms with E-state index >= 15 is 0 Å². The molecule has 7 nitrogen and oxygen atoms in total. The SMILES string of the molecule is CC(C)[C@H](NC(=O)OC(C)(C)C)C(=O)N1CCC2(CC1)OCCO2. The summed E-state index contributed by atoms with van der Waals surface area (Å²) in [5.41, 5.74) is -0.594. The van der Waals surface area contributed by atoms with Crippen LogP contribution >= 0.6 is 0 Å². The Bertz CT molecular complexity index is 456. The number of hydrogen-bond donors (Lipinski definition) is 1. The number of nitrogens with one attached hydrogen (secondary N) is 1. The number of ether oxygens (including phenoxy) is 3. The van der Waals surface area contributed by atoms with Crippen molar-refractivity contribution in [1.29, 1.82) is 0 Å². The second-order valence-electron chi connectivity index (χ2n) is 7.80. The Kier molecular flexibility index (Phi) is 5.75. The summed E-state index contributed by atoms with van der Waals surface area (Å²) >= 11 is 0. The highest BCUT2D eigenvalue weighted by atomic mass is 16.7. The molecule has 0 unspecified atom stereocenters. The van der Waals surface area contributed by atoms with Crippen LogP contribution in [0.2, 0.25) is 0 Å². The third-order valence-corrected chi connectivity index (χ3v) is 4.26. The normalized spacial score (nSPS) is 21.8. The molecule has 7 heteroatoms. The molecule has 2 rings (SSSR count). The molecule has 0 saturated carbocycles. The van der Waals surface area contributed by atoms with E-state index in [-0.39, 0.29) is 11.8 Å². The zero-order valence-electron chi connectivity index (χ0n) is 15.4. The lowest BCUT2D eigenvalue weighted by molar-refractivity contribution is -0.188. The predicted octanol–water partition coefficient (Wildman–Crippen LogP) is 1.90. The van der Waals surface area contributed by atoms with Gasteiger partial charge in [-0.15, -0.1) is 0 Å². The van der Waals surface area contributed by atoms with Crippen molar-refractivity contribution in [3.05, 3.63) is 0 Å². The molecule has 0 bridgehead atoms. The molecule has 1 spiro atoms. The van der Waals surface area contributed by atoms with Crippen LogP contribution < -0.4 is 5.32 Å². The molecule has 2 heterocycles. The molecular formula is C17H30N2O5. The topological polar surface area (TPSA) is 77.1 Å². The minimum Gasteiger partial charge on any atom is -0.444 e. The standard InChI is InChI=1S/C17H30N2O5/c1-12(2)13(18-15(21)24-16(3,4)5)14(20)19-8-6-17(7-9-19)22-10-11-23-17/h12-13H,6-11H2,1-5H3,(H,18,21)/t13-/m0/s1. The van der Waals surface area contributed by atoms with Crippen molar-refractivity contribution in [2.75, 3.05) is 26.3 Å². The van der Waals surface area contributed by atoms with E-state index in [1.165, 1.54) is 0 Å². The van der Waals surface area contributed by atoms with Gasteiger partial charge in [-0.25, -0.2) is 4.79 Å². The molecule has 2 amide bonds. The molecule has 0 aromatic rings. The second kappa shape index (κ2) is 7.27. The lowest BCUT2D eigenvalue weighted by Crippen LogP contribution is -2.55. The third-order valence-electron chi connectivity index (χ3n) is 4.26. The molecule has 2 aliphatic rings. The quantitative estimate of drug-likeness (QED) is 0.848. The van der Waals surface area contributed by atoms with Crippen LogP contribution in [0, 0.1) is 5.92 Å². The average molecular weight is 342 g/mol. The van der Waals surface area contributed by atoms with E-state index in [9.17, 15) is 9.59 Å². The first-order chi connectivity index (χ1) is 11.1. The van der Waals surface area contributed by atoms with Crippen molar-refractivity contribution >= 4 is 12.0 Å². The van der Waals surface area contributed by atoms with E-state index in [2.05, 4.69) is 5.32 Å². The molecule has 2 aliphatic heterocycles. The van der Waals surface area contributed by atoms with Crippen molar-refractivity contribution in [3.63, 3.8) is 0 Å². The van der Waals surface area contributed by atoms with E-state index in [1.807, 2.05) is 13.8 Å². The Balaban J connectivity index is 1.93. The van der Waals surface area contributed by atoms with Crippen LogP contribution in [0.5, 0.6) is 0 Å². The maximum Gasteiger partial charge on any atom is 0.408 e. The summed E-state index contributed by atoms with van der Waals surface area (Å²) in [5, 5.41) is 2.72. The molecule has 2 saturated heterocycles. The predicted molar refractivity (Wildman–Crippen MR) is 88.4 cm³/mol. The second-order valence-corrected chi connectivity index (χ2v) is 7.80. The zero-order valence-corrected chi connectivity index (χ0v) is 15.4. The Morgan fingerprint density at radius 1 is 1.12 bits per heavy atom. The summed E-state index contributed by atoms with van der Waals surface area (Å²) in [6.07, 6.45) is 0.761. The van der Waals surface area contributed by atoms with E-state index < -0.39 is 23.5 Å². The van der Waals surface area contributed by atoms with Crippen LogP contribution in [0.1, 0.15) is 47.5 Å². The van der Waals surface area contributed by atoms with Gasteiger partial charge in [0.1, 0.15) is 11.6 Å². The summed E-state index contributed by atoms with van der Waals surface area (Å²) in [4.78, 5) is 26.6. The largest absolute Gasteiger partial charge is 0.444 e. The maximum absolute atomic E-state index is 12.8. The zero-order chi connectivity index (χ0) is 18.0. The monoisotopic (exact) mass is 342 g/mol. The van der Waals surface area contributed by atoms with E-state index in [4.69, 9.17) is 14.2 Å². The summed E-state index contributed by atoms with van der Waals surface area (Å²) in [7, 11) is 0. The van der Waals surface area contributed by atoms with Crippen molar-refractivity contribution in [2.45, 2.75) is 64.9 Å². The van der Waals surface area contributed by atoms with Gasteiger partial charge in [0.05, 0.1) is 13.2 Å². The fourth-order valence-electron chi connectivity index (χ4n) is 3.00. The molecule has 24 heavy (non-hydrogen) atoms. The first-order valence-corrected chi connectivity index (χ1v) is 8.68. The van der Waals surface area contributed by atoms with Crippen molar-refractivity contribution in [3.8, 4) is 0 Å². The number of nitrogens with zero attached hydrogens (tertiary/aromatic N) is 1. The van der Waals surface area contributed by atoms with Gasteiger partial charge in [0.25, 0.3) is 0 Å². The number of amides is 2. The molecule has 138 valence electrons. The van der Waals surface area contributed by atoms with Gasteiger partial charge in [-0.2, -0.15) is 0 Å². The summed E-state index contributed by atoms with van der Waals surface area (Å²) in [6.45, 7) is 11.6. The number of piperidine rings is 1. The fourth-order valence-corrected chi connectivity index (χ4v) is 3.00. The Labute approximate surface area is 144 Å². The highest BCUT2D eigenvalue weighted by Crippen LogP contribution is 2.31. The van der Waals surface area contributed by atoms with E-state index in [1.54, 1.807) is 25.7 Å². The van der Waals surface area contributed by atoms with Gasteiger partial charge >= 0.3 is 6.09 Å². The van der Waals surface area contributed by atoms with Crippen LogP contribution in [0.25, 0.3) is 0 Å². The number of rotatable bonds is 3. The lowest BCUT2D eigenvalue weighted by atomic mass is 9.99. The van der Waals surface area contributed by atoms with Crippen LogP contribution in [0.3, 0.4) is 0 Å². The van der Waals surface area contributed by atoms with Crippen molar-refractivity contribution in [1.82, 2.24) is 10.2 Å². The Hall–Kier alpha value is -1.34. The number of alkyl carbamates (subject to hydrolysis) is 1. The maximum atomic E-state index is 12.8. The first-order valence-electron chi connectivity index (χ1n) is 8.68. The van der Waals surface area contributed by atoms with Crippen molar-refractivity contribution in [2.24, 2.45) is 5.92 Å². The van der Waals surface area contributed by atoms with Gasteiger partial charge in [-0.3, -0.25) is 4.79 Å². The highest BCUT2D eigenvalue weighted by molar-refractivity contribution is 5.86. The minimum absolute atomic E-state index is 0.0279. The van der Waals surface area contributed by atoms with Crippen LogP contribution in [-0.2, 0) is 19.0 Å². The summed E-state index contributed by atoms with van der Waals surface area (Å²) in [6, 6.07) is -0.598. The third kappa shape index (κ3) is 4.83. The molecule has 2 fully saturated rings. The molecule has 0 aromatic heterocycles. The number of carbonyl (C=O) groups is 2. The van der Waals surface area contributed by atoms with E-state index in [0.29, 0.717) is 39.1 Å². The van der Waals surface area contributed by atoms with Crippen LogP contribution in [0.4, 0.5) is 4.79 Å². The Morgan fingerprint density at radius 3 is 2.12 bits per heavy atom. The van der Waals surface area contributed by atoms with Gasteiger partial charge in [-0.05, 0) is 26.7 Å². The minimum atomic E-state index is -0.598. The molecule has 1 atom stereocenters. The van der Waals surface area contributed by atoms with Crippen molar-refractivity contribution < 1.29 is 23.8 Å². The molecule has 1 N–H and O–H groups in total.